The molecule has 1 unspecified atom stereocenters. The topological polar surface area (TPSA) is 54.9 Å². The van der Waals surface area contributed by atoms with Crippen LogP contribution in [-0.2, 0) is 4.79 Å². The van der Waals surface area contributed by atoms with Crippen molar-refractivity contribution in [3.05, 3.63) is 18.1 Å². The van der Waals surface area contributed by atoms with Gasteiger partial charge in [-0.15, -0.1) is 0 Å². The number of nitrogens with one attached hydrogen (secondary N) is 1. The maximum atomic E-state index is 12.0. The highest BCUT2D eigenvalue weighted by Gasteiger charge is 2.37. The number of amides is 1. The summed E-state index contributed by atoms with van der Waals surface area (Å²) in [5.74, 6) is -0.202. The van der Waals surface area contributed by atoms with E-state index in [1.165, 1.54) is 18.1 Å². The lowest BCUT2D eigenvalue weighted by atomic mass is 9.96. The molecule has 0 spiro atoms. The van der Waals surface area contributed by atoms with Crippen LogP contribution < -0.4 is 5.32 Å². The Morgan fingerprint density at radius 3 is 2.35 bits per heavy atom. The van der Waals surface area contributed by atoms with Crippen LogP contribution in [0.3, 0.4) is 0 Å². The molecule has 4 nitrogen and oxygen atoms in total. The fraction of sp³-hybridized carbons (Fsp3) is 0.583. The van der Waals surface area contributed by atoms with Gasteiger partial charge in [0.05, 0.1) is 0 Å². The Kier molecular flexibility index (Phi) is 5.96. The molecule has 0 bridgehead atoms. The van der Waals surface area contributed by atoms with E-state index in [4.69, 9.17) is 34.8 Å². The van der Waals surface area contributed by atoms with Gasteiger partial charge < -0.3 is 5.32 Å². The first-order valence-electron chi connectivity index (χ1n) is 5.83. The molecule has 20 heavy (non-hydrogen) atoms. The molecule has 1 N–H and O–H groups in total. The first kappa shape index (κ1) is 17.8. The number of halogens is 3. The fourth-order valence-electron chi connectivity index (χ4n) is 1.13. The Bertz CT molecular complexity index is 486. The lowest BCUT2D eigenvalue weighted by Crippen LogP contribution is -2.46. The molecule has 0 saturated carbocycles. The van der Waals surface area contributed by atoms with E-state index in [0.29, 0.717) is 5.03 Å². The molecule has 8 heteroatoms. The van der Waals surface area contributed by atoms with Crippen molar-refractivity contribution in [2.24, 2.45) is 5.41 Å². The molecule has 0 radical (unpaired) electrons. The minimum atomic E-state index is -1.65. The van der Waals surface area contributed by atoms with Gasteiger partial charge in [-0.05, 0) is 13.0 Å². The fourth-order valence-corrected chi connectivity index (χ4v) is 2.58. The summed E-state index contributed by atoms with van der Waals surface area (Å²) >= 11 is 19.0. The Morgan fingerprint density at radius 1 is 1.30 bits per heavy atom. The molecule has 112 valence electrons. The largest absolute Gasteiger partial charge is 0.339 e. The van der Waals surface area contributed by atoms with Crippen LogP contribution in [0.1, 0.15) is 26.5 Å². The van der Waals surface area contributed by atoms with Crippen LogP contribution >= 0.6 is 46.6 Å². The second-order valence-corrected chi connectivity index (χ2v) is 8.75. The van der Waals surface area contributed by atoms with Crippen molar-refractivity contribution in [2.75, 3.05) is 0 Å². The van der Waals surface area contributed by atoms with E-state index in [1.54, 1.807) is 26.8 Å². The molecule has 0 saturated heterocycles. The van der Waals surface area contributed by atoms with E-state index in [0.717, 1.165) is 5.69 Å². The number of rotatable bonds is 3. The number of nitrogens with zero attached hydrogens (tertiary/aromatic N) is 2. The van der Waals surface area contributed by atoms with E-state index in [-0.39, 0.29) is 5.91 Å². The summed E-state index contributed by atoms with van der Waals surface area (Å²) in [5.41, 5.74) is 0.226. The summed E-state index contributed by atoms with van der Waals surface area (Å²) in [6, 6.07) is 1.76. The lowest BCUT2D eigenvalue weighted by molar-refractivity contribution is -0.128. The first-order valence-corrected chi connectivity index (χ1v) is 7.84. The number of hydrogen-bond donors (Lipinski definition) is 1. The second-order valence-electron chi connectivity index (χ2n) is 5.26. The van der Waals surface area contributed by atoms with Crippen LogP contribution in [0.5, 0.6) is 0 Å². The quantitative estimate of drug-likeness (QED) is 0.388. The van der Waals surface area contributed by atoms with E-state index < -0.39 is 14.6 Å². The molecule has 0 aromatic carbocycles. The molecule has 0 aliphatic rings. The predicted octanol–water partition coefficient (Wildman–Crippen LogP) is 3.74. The molecule has 1 aromatic rings. The summed E-state index contributed by atoms with van der Waals surface area (Å²) in [6.07, 6.45) is 1.43. The zero-order chi connectivity index (χ0) is 15.6. The lowest BCUT2D eigenvalue weighted by Gasteiger charge is -2.28. The van der Waals surface area contributed by atoms with Crippen LogP contribution in [0.15, 0.2) is 17.4 Å². The molecular formula is C12H16Cl3N3OS. The molecule has 1 rings (SSSR count). The van der Waals surface area contributed by atoms with Gasteiger partial charge >= 0.3 is 0 Å². The molecule has 0 fully saturated rings. The van der Waals surface area contributed by atoms with Gasteiger partial charge in [-0.2, -0.15) is 0 Å². The number of aromatic nitrogens is 2. The second kappa shape index (κ2) is 6.69. The van der Waals surface area contributed by atoms with E-state index in [9.17, 15) is 4.79 Å². The normalized spacial score (nSPS) is 13.9. The zero-order valence-electron chi connectivity index (χ0n) is 11.6. The van der Waals surface area contributed by atoms with Gasteiger partial charge in [-0.3, -0.25) is 4.79 Å². The van der Waals surface area contributed by atoms with Gasteiger partial charge in [0.15, 0.2) is 0 Å². The summed E-state index contributed by atoms with van der Waals surface area (Å²) < 4.78 is -1.65. The molecule has 1 aromatic heterocycles. The maximum Gasteiger partial charge on any atom is 0.226 e. The van der Waals surface area contributed by atoms with E-state index in [1.807, 2.05) is 6.92 Å². The third kappa shape index (κ3) is 5.64. The summed E-state index contributed by atoms with van der Waals surface area (Å²) in [5, 5.41) is 2.62. The van der Waals surface area contributed by atoms with Crippen LogP contribution in [-0.4, -0.2) is 25.0 Å². The maximum absolute atomic E-state index is 12.0. The minimum absolute atomic E-state index is 0.202. The van der Waals surface area contributed by atoms with Gasteiger partial charge in [0.25, 0.3) is 0 Å². The average molecular weight is 357 g/mol. The van der Waals surface area contributed by atoms with Gasteiger partial charge in [-0.25, -0.2) is 9.97 Å². The molecular weight excluding hydrogens is 341 g/mol. The van der Waals surface area contributed by atoms with Gasteiger partial charge in [0, 0.05) is 11.1 Å². The third-order valence-corrected chi connectivity index (χ3v) is 4.47. The van der Waals surface area contributed by atoms with Crippen molar-refractivity contribution in [2.45, 2.75) is 41.9 Å². The van der Waals surface area contributed by atoms with Crippen LogP contribution in [0.4, 0.5) is 0 Å². The Balaban J connectivity index is 2.89. The van der Waals surface area contributed by atoms with Crippen molar-refractivity contribution in [3.8, 4) is 0 Å². The Morgan fingerprint density at radius 2 is 1.90 bits per heavy atom. The highest BCUT2D eigenvalue weighted by Crippen LogP contribution is 2.39. The van der Waals surface area contributed by atoms with Gasteiger partial charge in [0.1, 0.15) is 16.7 Å². The number of carbonyl (C=O) groups excluding carboxylic acids is 1. The number of alkyl halides is 3. The summed E-state index contributed by atoms with van der Waals surface area (Å²) in [6.45, 7) is 7.20. The third-order valence-electron chi connectivity index (χ3n) is 2.26. The highest BCUT2D eigenvalue weighted by atomic mass is 35.6. The molecule has 1 amide bonds. The standard InChI is InChI=1S/C12H16Cl3N3OS/c1-7-5-8(17-6-16-7)20-10(12(13,14)15)18-9(19)11(2,3)4/h5-6,10H,1-4H3,(H,18,19). The Labute approximate surface area is 138 Å². The number of carbonyl (C=O) groups is 1. The monoisotopic (exact) mass is 355 g/mol. The zero-order valence-corrected chi connectivity index (χ0v) is 14.7. The average Bonchev–Trinajstić information content (AvgIpc) is 2.25. The van der Waals surface area contributed by atoms with Gasteiger partial charge in [0.2, 0.25) is 9.70 Å². The van der Waals surface area contributed by atoms with Gasteiger partial charge in [-0.1, -0.05) is 67.3 Å². The smallest absolute Gasteiger partial charge is 0.226 e. The summed E-state index contributed by atoms with van der Waals surface area (Å²) in [7, 11) is 0. The van der Waals surface area contributed by atoms with Crippen molar-refractivity contribution < 1.29 is 4.79 Å². The van der Waals surface area contributed by atoms with Crippen LogP contribution in [0.25, 0.3) is 0 Å². The van der Waals surface area contributed by atoms with Crippen LogP contribution in [0.2, 0.25) is 0 Å². The van der Waals surface area contributed by atoms with Crippen molar-refractivity contribution in [3.63, 3.8) is 0 Å². The van der Waals surface area contributed by atoms with Crippen molar-refractivity contribution >= 4 is 52.5 Å². The van der Waals surface area contributed by atoms with Crippen LogP contribution in [0, 0.1) is 12.3 Å². The number of hydrogen-bond acceptors (Lipinski definition) is 4. The highest BCUT2D eigenvalue weighted by molar-refractivity contribution is 8.00. The minimum Gasteiger partial charge on any atom is -0.339 e. The molecule has 0 aliphatic heterocycles. The Hall–Kier alpha value is -0.230. The van der Waals surface area contributed by atoms with Crippen molar-refractivity contribution in [1.82, 2.24) is 15.3 Å². The number of aryl methyl sites for hydroxylation is 1. The first-order chi connectivity index (χ1) is 9.00. The van der Waals surface area contributed by atoms with E-state index in [2.05, 4.69) is 15.3 Å². The number of thioether (sulfide) groups is 1. The molecule has 0 aliphatic carbocycles. The van der Waals surface area contributed by atoms with E-state index >= 15 is 0 Å². The van der Waals surface area contributed by atoms with Crippen molar-refractivity contribution in [1.29, 1.82) is 0 Å². The summed E-state index contributed by atoms with van der Waals surface area (Å²) in [4.78, 5) is 20.1. The SMILES string of the molecule is Cc1cc(SC(NC(=O)C(C)(C)C)C(Cl)(Cl)Cl)ncn1. The predicted molar refractivity (Wildman–Crippen MR) is 84.3 cm³/mol. The molecule has 1 heterocycles. The molecule has 1 atom stereocenters.